The van der Waals surface area contributed by atoms with Crippen molar-refractivity contribution in [3.8, 4) is 0 Å². The fraction of sp³-hybridized carbons (Fsp3) is 0.562. The molecule has 0 heterocycles. The average Bonchev–Trinajstić information content (AvgIpc) is 2.91. The molecule has 0 aliphatic heterocycles. The van der Waals surface area contributed by atoms with Gasteiger partial charge in [0.2, 0.25) is 0 Å². The van der Waals surface area contributed by atoms with Gasteiger partial charge in [0.15, 0.2) is 0 Å². The number of rotatable bonds is 16. The summed E-state index contributed by atoms with van der Waals surface area (Å²) in [5.74, 6) is 0.899. The van der Waals surface area contributed by atoms with Crippen molar-refractivity contribution >= 4 is 11.9 Å². The van der Waals surface area contributed by atoms with Gasteiger partial charge in [0.05, 0.1) is 24.3 Å². The molecule has 0 aliphatic rings. The maximum Gasteiger partial charge on any atom is 0.338 e. The van der Waals surface area contributed by atoms with Gasteiger partial charge in [0.1, 0.15) is 0 Å². The Hall–Kier alpha value is -2.62. The first kappa shape index (κ1) is 31.4. The lowest BCUT2D eigenvalue weighted by atomic mass is 10.0. The standard InChI is InChI=1S/C17H26O2.C15H22O2/c1-15(2)11-7-4-3-5-10-14-19-17(18)16-12-8-6-9-13-16;1-3-5-9-13(4-2)12-17-15(16)14-10-7-6-8-11-14/h6,8-9,12-13,15H,3-5,7,10-11,14H2,1-2H3;6-8,10-11,13H,3-5,9,12H2,1-2H3. The molecule has 1 atom stereocenters. The van der Waals surface area contributed by atoms with Gasteiger partial charge in [0.25, 0.3) is 0 Å². The number of carbonyl (C=O) groups is 2. The van der Waals surface area contributed by atoms with Crippen molar-refractivity contribution < 1.29 is 19.1 Å². The Bertz CT molecular complexity index is 801. The van der Waals surface area contributed by atoms with Crippen LogP contribution in [0.25, 0.3) is 0 Å². The second-order valence-electron chi connectivity index (χ2n) is 9.83. The van der Waals surface area contributed by atoms with Crippen molar-refractivity contribution in [2.45, 2.75) is 91.9 Å². The van der Waals surface area contributed by atoms with E-state index in [1.807, 2.05) is 36.4 Å². The highest BCUT2D eigenvalue weighted by Gasteiger charge is 2.11. The van der Waals surface area contributed by atoms with Crippen molar-refractivity contribution in [1.29, 1.82) is 0 Å². The average molecular weight is 497 g/mol. The number of unbranched alkanes of at least 4 members (excludes halogenated alkanes) is 5. The molecule has 0 saturated heterocycles. The van der Waals surface area contributed by atoms with E-state index in [1.54, 1.807) is 24.3 Å². The fourth-order valence-corrected chi connectivity index (χ4v) is 3.76. The summed E-state index contributed by atoms with van der Waals surface area (Å²) in [5, 5.41) is 0. The van der Waals surface area contributed by atoms with Crippen LogP contribution in [0.4, 0.5) is 0 Å². The minimum atomic E-state index is -0.208. The third-order valence-electron chi connectivity index (χ3n) is 6.17. The summed E-state index contributed by atoms with van der Waals surface area (Å²) in [6, 6.07) is 18.3. The molecule has 1 unspecified atom stereocenters. The molecule has 0 N–H and O–H groups in total. The van der Waals surface area contributed by atoms with Crippen LogP contribution in [0.3, 0.4) is 0 Å². The molecule has 0 saturated carbocycles. The molecule has 36 heavy (non-hydrogen) atoms. The second-order valence-corrected chi connectivity index (χ2v) is 9.83. The third-order valence-corrected chi connectivity index (χ3v) is 6.17. The van der Waals surface area contributed by atoms with E-state index < -0.39 is 0 Å². The van der Waals surface area contributed by atoms with E-state index in [4.69, 9.17) is 9.47 Å². The SMILES string of the molecule is CC(C)CCCCCCCOC(=O)c1ccccc1.CCCCC(CC)COC(=O)c1ccccc1. The predicted octanol–water partition coefficient (Wildman–Crippen LogP) is 8.90. The lowest BCUT2D eigenvalue weighted by Gasteiger charge is -2.14. The minimum Gasteiger partial charge on any atom is -0.462 e. The summed E-state index contributed by atoms with van der Waals surface area (Å²) in [5.41, 5.74) is 1.28. The molecule has 200 valence electrons. The van der Waals surface area contributed by atoms with Crippen molar-refractivity contribution in [3.05, 3.63) is 71.8 Å². The minimum absolute atomic E-state index is 0.208. The Morgan fingerprint density at radius 2 is 1.19 bits per heavy atom. The van der Waals surface area contributed by atoms with Gasteiger partial charge in [-0.1, -0.05) is 115 Å². The summed E-state index contributed by atoms with van der Waals surface area (Å²) < 4.78 is 10.6. The molecule has 0 spiro atoms. The lowest BCUT2D eigenvalue weighted by molar-refractivity contribution is 0.0427. The zero-order valence-corrected chi connectivity index (χ0v) is 23.0. The van der Waals surface area contributed by atoms with Crippen molar-refractivity contribution in [1.82, 2.24) is 0 Å². The van der Waals surface area contributed by atoms with Gasteiger partial charge < -0.3 is 9.47 Å². The van der Waals surface area contributed by atoms with E-state index >= 15 is 0 Å². The van der Waals surface area contributed by atoms with E-state index in [2.05, 4.69) is 27.7 Å². The highest BCUT2D eigenvalue weighted by molar-refractivity contribution is 5.89. The summed E-state index contributed by atoms with van der Waals surface area (Å²) >= 11 is 0. The first-order valence-electron chi connectivity index (χ1n) is 13.9. The van der Waals surface area contributed by atoms with E-state index in [9.17, 15) is 9.59 Å². The molecule has 4 heteroatoms. The molecule has 0 amide bonds. The number of benzene rings is 2. The Balaban J connectivity index is 0.000000362. The van der Waals surface area contributed by atoms with Gasteiger partial charge in [0, 0.05) is 0 Å². The zero-order chi connectivity index (χ0) is 26.4. The van der Waals surface area contributed by atoms with Crippen LogP contribution in [0.1, 0.15) is 113 Å². The molecular weight excluding hydrogens is 448 g/mol. The summed E-state index contributed by atoms with van der Waals surface area (Å²) in [6.07, 6.45) is 11.9. The number of esters is 2. The van der Waals surface area contributed by atoms with Crippen LogP contribution in [-0.2, 0) is 9.47 Å². The van der Waals surface area contributed by atoms with Crippen molar-refractivity contribution in [2.75, 3.05) is 13.2 Å². The van der Waals surface area contributed by atoms with Gasteiger partial charge in [-0.2, -0.15) is 0 Å². The fourth-order valence-electron chi connectivity index (χ4n) is 3.76. The molecule has 0 fully saturated rings. The Labute approximate surface area is 219 Å². The van der Waals surface area contributed by atoms with Gasteiger partial charge in [-0.15, -0.1) is 0 Å². The van der Waals surface area contributed by atoms with E-state index in [0.717, 1.165) is 31.6 Å². The first-order chi connectivity index (χ1) is 17.5. The molecular formula is C32H48O4. The Morgan fingerprint density at radius 1 is 0.667 bits per heavy atom. The quantitative estimate of drug-likeness (QED) is 0.172. The third kappa shape index (κ3) is 15.4. The second kappa shape index (κ2) is 20.6. The van der Waals surface area contributed by atoms with Crippen molar-refractivity contribution in [3.63, 3.8) is 0 Å². The summed E-state index contributed by atoms with van der Waals surface area (Å²) in [4.78, 5) is 23.3. The number of hydrogen-bond acceptors (Lipinski definition) is 4. The zero-order valence-electron chi connectivity index (χ0n) is 23.0. The Kier molecular flexibility index (Phi) is 17.9. The maximum absolute atomic E-state index is 11.7. The van der Waals surface area contributed by atoms with Crippen LogP contribution < -0.4 is 0 Å². The first-order valence-corrected chi connectivity index (χ1v) is 13.9. The molecule has 0 bridgehead atoms. The summed E-state index contributed by atoms with van der Waals surface area (Å²) in [6.45, 7) is 9.95. The van der Waals surface area contributed by atoms with Crippen LogP contribution in [0.5, 0.6) is 0 Å². The number of carbonyl (C=O) groups excluding carboxylic acids is 2. The smallest absolute Gasteiger partial charge is 0.338 e. The predicted molar refractivity (Wildman–Crippen MR) is 149 cm³/mol. The molecule has 2 aromatic carbocycles. The van der Waals surface area contributed by atoms with E-state index in [0.29, 0.717) is 30.3 Å². The van der Waals surface area contributed by atoms with Gasteiger partial charge >= 0.3 is 11.9 Å². The van der Waals surface area contributed by atoms with Crippen LogP contribution in [0.2, 0.25) is 0 Å². The van der Waals surface area contributed by atoms with Gasteiger partial charge in [-0.25, -0.2) is 9.59 Å². The van der Waals surface area contributed by atoms with E-state index in [1.165, 1.54) is 38.5 Å². The van der Waals surface area contributed by atoms with Crippen LogP contribution in [0.15, 0.2) is 60.7 Å². The number of hydrogen-bond donors (Lipinski definition) is 0. The van der Waals surface area contributed by atoms with Crippen LogP contribution in [0, 0.1) is 11.8 Å². The largest absolute Gasteiger partial charge is 0.462 e. The van der Waals surface area contributed by atoms with Crippen LogP contribution >= 0.6 is 0 Å². The van der Waals surface area contributed by atoms with Gasteiger partial charge in [-0.05, 0) is 48.9 Å². The van der Waals surface area contributed by atoms with Gasteiger partial charge in [-0.3, -0.25) is 0 Å². The molecule has 0 aromatic heterocycles. The molecule has 4 nitrogen and oxygen atoms in total. The summed E-state index contributed by atoms with van der Waals surface area (Å²) in [7, 11) is 0. The Morgan fingerprint density at radius 3 is 1.72 bits per heavy atom. The van der Waals surface area contributed by atoms with E-state index in [-0.39, 0.29) is 11.9 Å². The highest BCUT2D eigenvalue weighted by atomic mass is 16.5. The molecule has 0 aliphatic carbocycles. The van der Waals surface area contributed by atoms with Crippen LogP contribution in [-0.4, -0.2) is 25.2 Å². The normalized spacial score (nSPS) is 11.4. The maximum atomic E-state index is 11.7. The molecule has 0 radical (unpaired) electrons. The highest BCUT2D eigenvalue weighted by Crippen LogP contribution is 2.14. The molecule has 2 aromatic rings. The monoisotopic (exact) mass is 496 g/mol. The number of ether oxygens (including phenoxy) is 2. The lowest BCUT2D eigenvalue weighted by Crippen LogP contribution is -2.13. The van der Waals surface area contributed by atoms with Crippen molar-refractivity contribution in [2.24, 2.45) is 11.8 Å². The molecule has 2 rings (SSSR count). The topological polar surface area (TPSA) is 52.6 Å².